The predicted molar refractivity (Wildman–Crippen MR) is 134 cm³/mol. The minimum Gasteiger partial charge on any atom is -0.458 e. The molecule has 0 bridgehead atoms. The Labute approximate surface area is 220 Å². The maximum Gasteiger partial charge on any atom is 0.303 e. The number of rotatable bonds is 3. The van der Waals surface area contributed by atoms with Crippen LogP contribution < -0.4 is 0 Å². The van der Waals surface area contributed by atoms with Gasteiger partial charge in [0.1, 0.15) is 5.60 Å². The number of carbonyl (C=O) groups excluding carboxylic acids is 2. The number of aliphatic hydroxyl groups excluding tert-OH is 1. The van der Waals surface area contributed by atoms with E-state index in [0.717, 1.165) is 0 Å². The lowest BCUT2D eigenvalue weighted by Crippen LogP contribution is -2.72. The van der Waals surface area contributed by atoms with Crippen LogP contribution in [0.25, 0.3) is 0 Å². The van der Waals surface area contributed by atoms with Crippen LogP contribution in [0.1, 0.15) is 86.5 Å². The largest absolute Gasteiger partial charge is 0.458 e. The van der Waals surface area contributed by atoms with Gasteiger partial charge < -0.3 is 29.5 Å². The molecular formula is C29H46O8. The summed E-state index contributed by atoms with van der Waals surface area (Å²) in [5, 5.41) is 35.9. The molecule has 5 fully saturated rings. The topological polar surface area (TPSA) is 123 Å². The lowest BCUT2D eigenvalue weighted by molar-refractivity contribution is -0.365. The van der Waals surface area contributed by atoms with Crippen molar-refractivity contribution in [3.63, 3.8) is 0 Å². The van der Waals surface area contributed by atoms with Gasteiger partial charge in [0.05, 0.1) is 24.9 Å². The molecule has 1 saturated heterocycles. The standard InChI is InChI=1S/C29H46O8/c1-17-11-19-20-7-8-28(33,22(32)13-35-18(2)30)26(20,6)12-21(31)23(19)25(5)9-10-27(14-29(17,25)34)36-15-24(3,4)16-37-27/h17,19-21,23,31,33-34H,7-16H2,1-6H3. The predicted octanol–water partition coefficient (Wildman–Crippen LogP) is 2.99. The van der Waals surface area contributed by atoms with E-state index < -0.39 is 52.3 Å². The lowest BCUT2D eigenvalue weighted by atomic mass is 9.40. The molecule has 210 valence electrons. The zero-order valence-electron chi connectivity index (χ0n) is 23.3. The van der Waals surface area contributed by atoms with Gasteiger partial charge in [0, 0.05) is 36.0 Å². The third-order valence-corrected chi connectivity index (χ3v) is 11.7. The highest BCUT2D eigenvalue weighted by atomic mass is 16.7. The number of hydrogen-bond acceptors (Lipinski definition) is 8. The van der Waals surface area contributed by atoms with Crippen LogP contribution in [0.3, 0.4) is 0 Å². The summed E-state index contributed by atoms with van der Waals surface area (Å²) < 4.78 is 17.6. The summed E-state index contributed by atoms with van der Waals surface area (Å²) in [5.41, 5.74) is -4.15. The smallest absolute Gasteiger partial charge is 0.303 e. The van der Waals surface area contributed by atoms with Gasteiger partial charge in [-0.3, -0.25) is 9.59 Å². The Bertz CT molecular complexity index is 954. The fraction of sp³-hybridized carbons (Fsp3) is 0.931. The van der Waals surface area contributed by atoms with Crippen LogP contribution in [0.5, 0.6) is 0 Å². The van der Waals surface area contributed by atoms with Crippen LogP contribution in [0, 0.1) is 39.9 Å². The van der Waals surface area contributed by atoms with Crippen LogP contribution >= 0.6 is 0 Å². The highest BCUT2D eigenvalue weighted by Gasteiger charge is 2.73. The molecule has 5 rings (SSSR count). The summed E-state index contributed by atoms with van der Waals surface area (Å²) in [6.07, 6.45) is 2.87. The highest BCUT2D eigenvalue weighted by Crippen LogP contribution is 2.71. The first-order chi connectivity index (χ1) is 17.0. The third-order valence-electron chi connectivity index (χ3n) is 11.7. The molecule has 3 N–H and O–H groups in total. The molecule has 9 unspecified atom stereocenters. The molecule has 5 aliphatic rings. The number of aliphatic hydroxyl groups is 3. The fourth-order valence-corrected chi connectivity index (χ4v) is 9.48. The number of ketones is 1. The molecule has 8 nitrogen and oxygen atoms in total. The maximum absolute atomic E-state index is 13.1. The third kappa shape index (κ3) is 3.80. The molecule has 0 aromatic heterocycles. The van der Waals surface area contributed by atoms with Crippen molar-refractivity contribution >= 4 is 11.8 Å². The van der Waals surface area contributed by atoms with Gasteiger partial charge in [0.2, 0.25) is 5.78 Å². The lowest BCUT2D eigenvalue weighted by Gasteiger charge is -2.68. The molecule has 1 heterocycles. The Kier molecular flexibility index (Phi) is 6.30. The number of Topliss-reactive ketones (excluding diaryl/α,β-unsaturated/α-hetero) is 1. The van der Waals surface area contributed by atoms with Crippen molar-refractivity contribution in [2.45, 2.75) is 110 Å². The van der Waals surface area contributed by atoms with Gasteiger partial charge in [-0.05, 0) is 55.8 Å². The van der Waals surface area contributed by atoms with Crippen molar-refractivity contribution < 1.29 is 39.1 Å². The Hall–Kier alpha value is -1.06. The SMILES string of the molecule is CC(=O)OCC(=O)C1(O)CCC2C3CC(C)C4(O)CC5(CCC4(C)C3C(O)CC21C)OCC(C)(C)CO5. The molecule has 0 radical (unpaired) electrons. The van der Waals surface area contributed by atoms with Crippen molar-refractivity contribution in [1.82, 2.24) is 0 Å². The molecule has 0 aromatic carbocycles. The van der Waals surface area contributed by atoms with E-state index in [1.807, 2.05) is 6.92 Å². The Morgan fingerprint density at radius 2 is 1.65 bits per heavy atom. The monoisotopic (exact) mass is 522 g/mol. The fourth-order valence-electron chi connectivity index (χ4n) is 9.48. The molecular weight excluding hydrogens is 476 g/mol. The van der Waals surface area contributed by atoms with Crippen molar-refractivity contribution in [3.8, 4) is 0 Å². The van der Waals surface area contributed by atoms with Gasteiger partial charge >= 0.3 is 5.97 Å². The van der Waals surface area contributed by atoms with E-state index in [9.17, 15) is 24.9 Å². The number of ether oxygens (including phenoxy) is 3. The summed E-state index contributed by atoms with van der Waals surface area (Å²) in [6, 6.07) is 0. The molecule has 8 heteroatoms. The van der Waals surface area contributed by atoms with Crippen LogP contribution in [0.15, 0.2) is 0 Å². The summed E-state index contributed by atoms with van der Waals surface area (Å²) in [5.74, 6) is -1.98. The summed E-state index contributed by atoms with van der Waals surface area (Å²) in [4.78, 5) is 24.5. The molecule has 4 aliphatic carbocycles. The average molecular weight is 523 g/mol. The van der Waals surface area contributed by atoms with Gasteiger partial charge in [0.15, 0.2) is 12.4 Å². The minimum atomic E-state index is -1.65. The van der Waals surface area contributed by atoms with Gasteiger partial charge in [-0.15, -0.1) is 0 Å². The van der Waals surface area contributed by atoms with Crippen LogP contribution in [-0.2, 0) is 23.8 Å². The zero-order chi connectivity index (χ0) is 27.2. The van der Waals surface area contributed by atoms with E-state index in [1.54, 1.807) is 0 Å². The number of carbonyl (C=O) groups is 2. The van der Waals surface area contributed by atoms with Crippen LogP contribution in [0.4, 0.5) is 0 Å². The summed E-state index contributed by atoms with van der Waals surface area (Å²) >= 11 is 0. The van der Waals surface area contributed by atoms with E-state index >= 15 is 0 Å². The number of esters is 1. The molecule has 9 atom stereocenters. The van der Waals surface area contributed by atoms with Crippen molar-refractivity contribution in [2.24, 2.45) is 39.9 Å². The maximum atomic E-state index is 13.1. The van der Waals surface area contributed by atoms with Crippen LogP contribution in [0.2, 0.25) is 0 Å². The Morgan fingerprint density at radius 1 is 1.00 bits per heavy atom. The van der Waals surface area contributed by atoms with E-state index in [0.29, 0.717) is 51.7 Å². The molecule has 37 heavy (non-hydrogen) atoms. The second-order valence-corrected chi connectivity index (χ2v) is 14.4. The van der Waals surface area contributed by atoms with Crippen molar-refractivity contribution in [3.05, 3.63) is 0 Å². The first kappa shape index (κ1) is 27.5. The first-order valence-electron chi connectivity index (χ1n) is 14.1. The second kappa shape index (κ2) is 8.47. The summed E-state index contributed by atoms with van der Waals surface area (Å²) in [6.45, 7) is 12.3. The summed E-state index contributed by atoms with van der Waals surface area (Å²) in [7, 11) is 0. The Morgan fingerprint density at radius 3 is 2.27 bits per heavy atom. The Balaban J connectivity index is 1.44. The first-order valence-corrected chi connectivity index (χ1v) is 14.1. The van der Waals surface area contributed by atoms with Gasteiger partial charge in [-0.2, -0.15) is 0 Å². The number of hydrogen-bond donors (Lipinski definition) is 3. The van der Waals surface area contributed by atoms with Gasteiger partial charge in [-0.25, -0.2) is 0 Å². The van der Waals surface area contributed by atoms with Gasteiger partial charge in [0.25, 0.3) is 0 Å². The molecule has 4 saturated carbocycles. The second-order valence-electron chi connectivity index (χ2n) is 14.4. The van der Waals surface area contributed by atoms with Gasteiger partial charge in [-0.1, -0.05) is 34.6 Å². The minimum absolute atomic E-state index is 0.0230. The molecule has 0 amide bonds. The van der Waals surface area contributed by atoms with Crippen LogP contribution in [-0.4, -0.2) is 70.0 Å². The molecule has 1 aliphatic heterocycles. The quantitative estimate of drug-likeness (QED) is 0.484. The number of fused-ring (bicyclic) bond motifs is 5. The van der Waals surface area contributed by atoms with E-state index in [4.69, 9.17) is 14.2 Å². The van der Waals surface area contributed by atoms with Crippen molar-refractivity contribution in [1.29, 1.82) is 0 Å². The highest BCUT2D eigenvalue weighted by molar-refractivity contribution is 5.91. The molecule has 1 spiro atoms. The van der Waals surface area contributed by atoms with Crippen molar-refractivity contribution in [2.75, 3.05) is 19.8 Å². The van der Waals surface area contributed by atoms with E-state index in [-0.39, 0.29) is 35.5 Å². The van der Waals surface area contributed by atoms with E-state index in [1.165, 1.54) is 6.92 Å². The normalized spacial score (nSPS) is 50.0. The zero-order valence-corrected chi connectivity index (χ0v) is 23.3. The van der Waals surface area contributed by atoms with E-state index in [2.05, 4.69) is 27.7 Å². The average Bonchev–Trinajstić information content (AvgIpc) is 3.07. The molecule has 0 aromatic rings.